The molecule has 0 saturated carbocycles. The minimum atomic E-state index is -4.18. The van der Waals surface area contributed by atoms with Crippen LogP contribution in [0.2, 0.25) is 0 Å². The zero-order valence-electron chi connectivity index (χ0n) is 17.2. The van der Waals surface area contributed by atoms with Crippen molar-refractivity contribution in [2.24, 2.45) is 0 Å². The number of hydrogen-bond acceptors (Lipinski definition) is 6. The Morgan fingerprint density at radius 2 is 1.64 bits per heavy atom. The molecule has 0 fully saturated rings. The number of amides is 1. The third-order valence-electron chi connectivity index (χ3n) is 4.26. The van der Waals surface area contributed by atoms with E-state index >= 15 is 0 Å². The lowest BCUT2D eigenvalue weighted by Gasteiger charge is -2.10. The Balaban J connectivity index is 1.57. The lowest BCUT2D eigenvalue weighted by atomic mass is 10.2. The van der Waals surface area contributed by atoms with Crippen molar-refractivity contribution < 1.29 is 36.3 Å². The molecule has 0 aliphatic carbocycles. The van der Waals surface area contributed by atoms with Gasteiger partial charge in [0.05, 0.1) is 17.6 Å². The molecule has 3 aromatic carbocycles. The van der Waals surface area contributed by atoms with Crippen molar-refractivity contribution in [3.8, 4) is 5.75 Å². The van der Waals surface area contributed by atoms with Gasteiger partial charge < -0.3 is 14.8 Å². The molecule has 2 N–H and O–H groups in total. The second-order valence-electron chi connectivity index (χ2n) is 6.62. The van der Waals surface area contributed by atoms with Crippen molar-refractivity contribution in [2.45, 2.75) is 4.90 Å². The van der Waals surface area contributed by atoms with Crippen LogP contribution in [0.3, 0.4) is 0 Å². The van der Waals surface area contributed by atoms with Crippen LogP contribution in [-0.2, 0) is 19.6 Å². The SMILES string of the molecule is COc1cccc(NC(=O)COC(=O)c2ccc(NS(=O)(=O)c3ccc(F)c(F)c3)cc2)c1. The molecule has 0 aliphatic rings. The first kappa shape index (κ1) is 23.7. The molecule has 0 aromatic heterocycles. The van der Waals surface area contributed by atoms with Crippen LogP contribution in [0.15, 0.2) is 71.6 Å². The van der Waals surface area contributed by atoms with Gasteiger partial charge in [-0.3, -0.25) is 9.52 Å². The smallest absolute Gasteiger partial charge is 0.338 e. The predicted octanol–water partition coefficient (Wildman–Crippen LogP) is 3.57. The molecule has 0 radical (unpaired) electrons. The molecule has 1 amide bonds. The first-order valence-corrected chi connectivity index (χ1v) is 10.9. The summed E-state index contributed by atoms with van der Waals surface area (Å²) in [6.07, 6.45) is 0. The van der Waals surface area contributed by atoms with E-state index in [4.69, 9.17) is 9.47 Å². The molecule has 8 nitrogen and oxygen atoms in total. The summed E-state index contributed by atoms with van der Waals surface area (Å²) in [4.78, 5) is 23.7. The summed E-state index contributed by atoms with van der Waals surface area (Å²) < 4.78 is 63.2. The zero-order valence-corrected chi connectivity index (χ0v) is 18.0. The molecule has 33 heavy (non-hydrogen) atoms. The topological polar surface area (TPSA) is 111 Å². The third kappa shape index (κ3) is 6.26. The first-order chi connectivity index (χ1) is 15.7. The van der Waals surface area contributed by atoms with Crippen LogP contribution in [-0.4, -0.2) is 34.0 Å². The molecular weight excluding hydrogens is 458 g/mol. The fourth-order valence-electron chi connectivity index (χ4n) is 2.64. The van der Waals surface area contributed by atoms with Crippen molar-refractivity contribution in [3.63, 3.8) is 0 Å². The number of ether oxygens (including phenoxy) is 2. The third-order valence-corrected chi connectivity index (χ3v) is 5.64. The van der Waals surface area contributed by atoms with Gasteiger partial charge in [0.15, 0.2) is 18.2 Å². The molecule has 0 aliphatic heterocycles. The van der Waals surface area contributed by atoms with Crippen LogP contribution in [0, 0.1) is 11.6 Å². The van der Waals surface area contributed by atoms with Gasteiger partial charge >= 0.3 is 5.97 Å². The molecular formula is C22H18F2N2O6S. The van der Waals surface area contributed by atoms with Crippen molar-refractivity contribution in [3.05, 3.63) is 83.9 Å². The highest BCUT2D eigenvalue weighted by Gasteiger charge is 2.17. The Morgan fingerprint density at radius 3 is 2.30 bits per heavy atom. The molecule has 0 unspecified atom stereocenters. The van der Waals surface area contributed by atoms with Crippen LogP contribution in [0.4, 0.5) is 20.2 Å². The molecule has 0 spiro atoms. The lowest BCUT2D eigenvalue weighted by molar-refractivity contribution is -0.119. The van der Waals surface area contributed by atoms with E-state index in [-0.39, 0.29) is 11.3 Å². The number of sulfonamides is 1. The van der Waals surface area contributed by atoms with Gasteiger partial charge in [-0.15, -0.1) is 0 Å². The molecule has 11 heteroatoms. The minimum Gasteiger partial charge on any atom is -0.497 e. The number of rotatable bonds is 8. The molecule has 3 aromatic rings. The second-order valence-corrected chi connectivity index (χ2v) is 8.30. The van der Waals surface area contributed by atoms with Crippen molar-refractivity contribution >= 4 is 33.3 Å². The van der Waals surface area contributed by atoms with E-state index in [1.165, 1.54) is 31.4 Å². The molecule has 0 heterocycles. The van der Waals surface area contributed by atoms with Gasteiger partial charge in [0.2, 0.25) is 0 Å². The van der Waals surface area contributed by atoms with E-state index < -0.39 is 45.0 Å². The Labute approximate surface area is 188 Å². The lowest BCUT2D eigenvalue weighted by Crippen LogP contribution is -2.21. The normalized spacial score (nSPS) is 10.9. The van der Waals surface area contributed by atoms with Gasteiger partial charge in [-0.25, -0.2) is 22.0 Å². The highest BCUT2D eigenvalue weighted by atomic mass is 32.2. The summed E-state index contributed by atoms with van der Waals surface area (Å²) >= 11 is 0. The maximum absolute atomic E-state index is 13.3. The van der Waals surface area contributed by atoms with Crippen molar-refractivity contribution in [1.82, 2.24) is 0 Å². The van der Waals surface area contributed by atoms with Gasteiger partial charge in [0, 0.05) is 17.4 Å². The Kier molecular flexibility index (Phi) is 7.23. The number of halogens is 2. The number of nitrogens with one attached hydrogen (secondary N) is 2. The molecule has 0 atom stereocenters. The average Bonchev–Trinajstić information content (AvgIpc) is 2.79. The number of carbonyl (C=O) groups is 2. The Bertz CT molecular complexity index is 1280. The van der Waals surface area contributed by atoms with E-state index in [1.807, 2.05) is 0 Å². The van der Waals surface area contributed by atoms with E-state index in [1.54, 1.807) is 24.3 Å². The number of carbonyl (C=O) groups excluding carboxylic acids is 2. The van der Waals surface area contributed by atoms with Crippen LogP contribution in [0.1, 0.15) is 10.4 Å². The number of hydrogen-bond donors (Lipinski definition) is 2. The molecule has 3 rings (SSSR count). The van der Waals surface area contributed by atoms with Crippen LogP contribution < -0.4 is 14.8 Å². The largest absolute Gasteiger partial charge is 0.497 e. The summed E-state index contributed by atoms with van der Waals surface area (Å²) in [6, 6.07) is 13.9. The number of esters is 1. The molecule has 0 saturated heterocycles. The van der Waals surface area contributed by atoms with Gasteiger partial charge in [-0.1, -0.05) is 6.07 Å². The van der Waals surface area contributed by atoms with E-state index in [0.29, 0.717) is 23.6 Å². The maximum Gasteiger partial charge on any atom is 0.338 e. The average molecular weight is 476 g/mol. The number of methoxy groups -OCH3 is 1. The summed E-state index contributed by atoms with van der Waals surface area (Å²) in [5.74, 6) is -3.29. The minimum absolute atomic E-state index is 0.0694. The van der Waals surface area contributed by atoms with E-state index in [9.17, 15) is 26.8 Å². The van der Waals surface area contributed by atoms with Gasteiger partial charge in [-0.05, 0) is 54.6 Å². The van der Waals surface area contributed by atoms with E-state index in [2.05, 4.69) is 10.0 Å². The Morgan fingerprint density at radius 1 is 0.909 bits per heavy atom. The van der Waals surface area contributed by atoms with E-state index in [0.717, 1.165) is 6.07 Å². The molecule has 0 bridgehead atoms. The standard InChI is InChI=1S/C22H18F2N2O6S/c1-31-17-4-2-3-16(11-17)25-21(27)13-32-22(28)14-5-7-15(8-6-14)26-33(29,30)18-9-10-19(23)20(24)12-18/h2-12,26H,13H2,1H3,(H,25,27). The predicted molar refractivity (Wildman–Crippen MR) is 116 cm³/mol. The summed E-state index contributed by atoms with van der Waals surface area (Å²) in [7, 11) is -2.69. The zero-order chi connectivity index (χ0) is 24.0. The monoisotopic (exact) mass is 476 g/mol. The highest BCUT2D eigenvalue weighted by Crippen LogP contribution is 2.19. The quantitative estimate of drug-likeness (QED) is 0.481. The fourth-order valence-corrected chi connectivity index (χ4v) is 3.71. The first-order valence-electron chi connectivity index (χ1n) is 9.37. The highest BCUT2D eigenvalue weighted by molar-refractivity contribution is 7.92. The van der Waals surface area contributed by atoms with Gasteiger partial charge in [0.1, 0.15) is 5.75 Å². The maximum atomic E-state index is 13.3. The van der Waals surface area contributed by atoms with Crippen molar-refractivity contribution in [2.75, 3.05) is 23.8 Å². The fraction of sp³-hybridized carbons (Fsp3) is 0.0909. The van der Waals surface area contributed by atoms with Crippen LogP contribution >= 0.6 is 0 Å². The second kappa shape index (κ2) is 10.1. The number of anilines is 2. The Hall–Kier alpha value is -3.99. The van der Waals surface area contributed by atoms with Crippen LogP contribution in [0.5, 0.6) is 5.75 Å². The summed E-state index contributed by atoms with van der Waals surface area (Å²) in [5, 5.41) is 2.56. The van der Waals surface area contributed by atoms with Crippen molar-refractivity contribution in [1.29, 1.82) is 0 Å². The summed E-state index contributed by atoms with van der Waals surface area (Å²) in [5.41, 5.74) is 0.611. The van der Waals surface area contributed by atoms with Gasteiger partial charge in [-0.2, -0.15) is 0 Å². The summed E-state index contributed by atoms with van der Waals surface area (Å²) in [6.45, 7) is -0.541. The molecule has 172 valence electrons. The number of benzene rings is 3. The van der Waals surface area contributed by atoms with Gasteiger partial charge in [0.25, 0.3) is 15.9 Å². The van der Waals surface area contributed by atoms with Crippen LogP contribution in [0.25, 0.3) is 0 Å².